The first-order valence-electron chi connectivity index (χ1n) is 3.15. The van der Waals surface area contributed by atoms with Crippen LogP contribution in [0.15, 0.2) is 0 Å². The van der Waals surface area contributed by atoms with Gasteiger partial charge in [0.05, 0.1) is 0 Å². The lowest BCUT2D eigenvalue weighted by Gasteiger charge is -2.16. The van der Waals surface area contributed by atoms with Gasteiger partial charge < -0.3 is 0 Å². The van der Waals surface area contributed by atoms with Crippen LogP contribution in [0.1, 0.15) is 35.0 Å². The van der Waals surface area contributed by atoms with Crippen LogP contribution in [0.3, 0.4) is 0 Å². The third-order valence-electron chi connectivity index (χ3n) is 1.65. The lowest BCUT2D eigenvalue weighted by molar-refractivity contribution is 0.504. The van der Waals surface area contributed by atoms with E-state index in [0.29, 0.717) is 0 Å². The third kappa shape index (κ3) is 1.84. The first-order chi connectivity index (χ1) is 3.39. The molecule has 0 bridgehead atoms. The maximum atomic E-state index is 2.91. The molecule has 2 radical (unpaired) electrons. The van der Waals surface area contributed by atoms with Crippen LogP contribution in [0, 0.1) is 0 Å². The van der Waals surface area contributed by atoms with Crippen LogP contribution in [0.25, 0.3) is 0 Å². The van der Waals surface area contributed by atoms with E-state index in [1.807, 2.05) is 0 Å². The van der Waals surface area contributed by atoms with Crippen molar-refractivity contribution in [2.75, 3.05) is 0 Å². The van der Waals surface area contributed by atoms with Crippen LogP contribution in [0.2, 0.25) is 4.78 Å². The van der Waals surface area contributed by atoms with E-state index >= 15 is 0 Å². The van der Waals surface area contributed by atoms with Crippen molar-refractivity contribution in [1.82, 2.24) is 0 Å². The van der Waals surface area contributed by atoms with Crippen molar-refractivity contribution in [2.45, 2.75) is 36.9 Å². The van der Waals surface area contributed by atoms with Crippen molar-refractivity contribution < 1.29 is 2.85 Å². The minimum absolute atomic E-state index is 0. The highest BCUT2D eigenvalue weighted by Gasteiger charge is 2.04. The molecule has 0 nitrogen and oxygen atoms in total. The number of hydrogen-bond acceptors (Lipinski definition) is 0. The van der Waals surface area contributed by atoms with Crippen LogP contribution in [-0.2, 0) is 0 Å². The van der Waals surface area contributed by atoms with Gasteiger partial charge in [-0.3, -0.25) is 0 Å². The van der Waals surface area contributed by atoms with E-state index in [0.717, 1.165) is 4.78 Å². The molecule has 1 rings (SSSR count). The van der Waals surface area contributed by atoms with E-state index in [2.05, 4.69) is 16.3 Å². The summed E-state index contributed by atoms with van der Waals surface area (Å²) in [5, 5.41) is 0. The molecule has 0 heterocycles. The van der Waals surface area contributed by atoms with E-state index in [9.17, 15) is 0 Å². The Morgan fingerprint density at radius 2 is 1.71 bits per heavy atom. The SMILES string of the molecule is [Al][CH]1CCCCC1.[HH].[HH]. The van der Waals surface area contributed by atoms with E-state index < -0.39 is 0 Å². The van der Waals surface area contributed by atoms with Gasteiger partial charge in [0.25, 0.3) is 0 Å². The molecule has 0 aromatic rings. The smallest absolute Gasteiger partial charge is 0.107 e. The molecule has 0 aromatic heterocycles. The maximum absolute atomic E-state index is 2.91. The van der Waals surface area contributed by atoms with Gasteiger partial charge in [0.15, 0.2) is 0 Å². The lowest BCUT2D eigenvalue weighted by Crippen LogP contribution is -1.98. The molecule has 1 fully saturated rings. The highest BCUT2D eigenvalue weighted by Crippen LogP contribution is 2.24. The Kier molecular flexibility index (Phi) is 2.22. The van der Waals surface area contributed by atoms with Crippen molar-refractivity contribution in [2.24, 2.45) is 0 Å². The quantitative estimate of drug-likeness (QED) is 0.424. The second kappa shape index (κ2) is 2.75. The Morgan fingerprint density at radius 3 is 2.00 bits per heavy atom. The highest BCUT2D eigenvalue weighted by atomic mass is 27.0. The van der Waals surface area contributed by atoms with Gasteiger partial charge in [-0.15, -0.1) is 4.78 Å². The molecule has 1 aliphatic rings. The molecule has 1 aliphatic carbocycles. The first-order valence-corrected chi connectivity index (χ1v) is 3.82. The van der Waals surface area contributed by atoms with Crippen LogP contribution in [0.5, 0.6) is 0 Å². The van der Waals surface area contributed by atoms with E-state index in [1.54, 1.807) is 0 Å². The number of rotatable bonds is 0. The van der Waals surface area contributed by atoms with Crippen molar-refractivity contribution in [3.05, 3.63) is 0 Å². The normalized spacial score (nSPS) is 25.1. The molecule has 0 amide bonds. The van der Waals surface area contributed by atoms with Crippen molar-refractivity contribution in [3.63, 3.8) is 0 Å². The summed E-state index contributed by atoms with van der Waals surface area (Å²) in [6.07, 6.45) is 7.31. The van der Waals surface area contributed by atoms with Crippen LogP contribution < -0.4 is 0 Å². The monoisotopic (exact) mass is 114 g/mol. The van der Waals surface area contributed by atoms with E-state index in [-0.39, 0.29) is 2.85 Å². The van der Waals surface area contributed by atoms with Crippen molar-refractivity contribution >= 4 is 16.3 Å². The van der Waals surface area contributed by atoms with Gasteiger partial charge in [0.1, 0.15) is 16.3 Å². The molecule has 7 heavy (non-hydrogen) atoms. The van der Waals surface area contributed by atoms with Gasteiger partial charge in [-0.2, -0.15) is 0 Å². The first kappa shape index (κ1) is 5.67. The minimum Gasteiger partial charge on any atom is -0.107 e. The van der Waals surface area contributed by atoms with Crippen LogP contribution in [0.4, 0.5) is 0 Å². The van der Waals surface area contributed by atoms with Gasteiger partial charge >= 0.3 is 0 Å². The molecule has 1 saturated carbocycles. The van der Waals surface area contributed by atoms with E-state index in [4.69, 9.17) is 0 Å². The lowest BCUT2D eigenvalue weighted by atomic mass is 10.0. The average molecular weight is 114 g/mol. The summed E-state index contributed by atoms with van der Waals surface area (Å²) in [6, 6.07) is 0. The zero-order chi connectivity index (χ0) is 5.11. The predicted molar refractivity (Wildman–Crippen MR) is 36.8 cm³/mol. The summed E-state index contributed by atoms with van der Waals surface area (Å²) in [4.78, 5) is 0. The predicted octanol–water partition coefficient (Wildman–Crippen LogP) is 2.40. The van der Waals surface area contributed by atoms with Crippen molar-refractivity contribution in [3.8, 4) is 0 Å². The molecule has 0 N–H and O–H groups in total. The Labute approximate surface area is 56.7 Å². The molecule has 0 spiro atoms. The van der Waals surface area contributed by atoms with Gasteiger partial charge in [0, 0.05) is 2.85 Å². The summed E-state index contributed by atoms with van der Waals surface area (Å²) in [5.74, 6) is 0. The van der Waals surface area contributed by atoms with Crippen molar-refractivity contribution in [1.29, 1.82) is 0 Å². The van der Waals surface area contributed by atoms with Gasteiger partial charge in [0.2, 0.25) is 0 Å². The second-order valence-corrected chi connectivity index (χ2v) is 3.34. The molecule has 1 heteroatoms. The molecule has 42 valence electrons. The summed E-state index contributed by atoms with van der Waals surface area (Å²) < 4.78 is 0.953. The molecule has 0 atom stereocenters. The van der Waals surface area contributed by atoms with Gasteiger partial charge in [-0.1, -0.05) is 32.1 Å². The molecule has 0 saturated heterocycles. The topological polar surface area (TPSA) is 0 Å². The molecular weight excluding hydrogens is 99.0 g/mol. The molecule has 0 aliphatic heterocycles. The Balaban J connectivity index is 0. The zero-order valence-corrected chi connectivity index (χ0v) is 5.84. The van der Waals surface area contributed by atoms with Gasteiger partial charge in [-0.25, -0.2) is 0 Å². The summed E-state index contributed by atoms with van der Waals surface area (Å²) >= 11 is 2.91. The highest BCUT2D eigenvalue weighted by molar-refractivity contribution is 6.11. The Bertz CT molecular complexity index is 53.0. The zero-order valence-electron chi connectivity index (χ0n) is 4.69. The fourth-order valence-corrected chi connectivity index (χ4v) is 1.61. The summed E-state index contributed by atoms with van der Waals surface area (Å²) in [7, 11) is 0. The summed E-state index contributed by atoms with van der Waals surface area (Å²) in [5.41, 5.74) is 0. The molecule has 0 aromatic carbocycles. The van der Waals surface area contributed by atoms with Crippen LogP contribution >= 0.6 is 0 Å². The summed E-state index contributed by atoms with van der Waals surface area (Å²) in [6.45, 7) is 0. The van der Waals surface area contributed by atoms with Crippen LogP contribution in [-0.4, -0.2) is 16.3 Å². The third-order valence-corrected chi connectivity index (χ3v) is 2.32. The average Bonchev–Trinajstić information content (AvgIpc) is 1.69. The molecule has 0 unspecified atom stereocenters. The second-order valence-electron chi connectivity index (χ2n) is 2.40. The molecular formula is C6H15Al. The Morgan fingerprint density at radius 1 is 1.14 bits per heavy atom. The van der Waals surface area contributed by atoms with Gasteiger partial charge in [-0.05, 0) is 0 Å². The minimum atomic E-state index is 0. The standard InChI is InChI=1S/C6H11.Al.2H2/c1-2-4-6-5-3-1;;;/h1H,2-6H2;;2*1H. The Hall–Kier alpha value is 0.532. The fourth-order valence-electron chi connectivity index (χ4n) is 1.13. The number of hydrogen-bond donors (Lipinski definition) is 0. The largest absolute Gasteiger partial charge is 0.123 e. The van der Waals surface area contributed by atoms with E-state index in [1.165, 1.54) is 32.1 Å². The maximum Gasteiger partial charge on any atom is 0.123 e. The fraction of sp³-hybridized carbons (Fsp3) is 1.00.